The Morgan fingerprint density at radius 2 is 1.67 bits per heavy atom. The second kappa shape index (κ2) is 12.3. The van der Waals surface area contributed by atoms with Crippen LogP contribution in [0, 0.1) is 0 Å². The third-order valence-corrected chi connectivity index (χ3v) is 4.28. The number of benzene rings is 1. The van der Waals surface area contributed by atoms with Crippen LogP contribution in [-0.2, 0) is 14.2 Å². The monoisotopic (exact) mass is 382 g/mol. The van der Waals surface area contributed by atoms with Crippen molar-refractivity contribution in [3.05, 3.63) is 23.3 Å². The number of esters is 1. The Balaban J connectivity index is 2.59. The molecule has 0 spiro atoms. The van der Waals surface area contributed by atoms with Crippen molar-refractivity contribution in [2.24, 2.45) is 0 Å². The maximum absolute atomic E-state index is 12.5. The van der Waals surface area contributed by atoms with Crippen LogP contribution in [0.15, 0.2) is 12.1 Å². The predicted molar refractivity (Wildman–Crippen MR) is 101 cm³/mol. The van der Waals surface area contributed by atoms with Crippen LogP contribution in [0.4, 0.5) is 0 Å². The third kappa shape index (κ3) is 7.19. The van der Waals surface area contributed by atoms with Crippen molar-refractivity contribution in [2.45, 2.75) is 51.4 Å². The van der Waals surface area contributed by atoms with Crippen LogP contribution in [0.5, 0.6) is 11.5 Å². The van der Waals surface area contributed by atoms with E-state index in [2.05, 4.69) is 0 Å². The van der Waals surface area contributed by atoms with Gasteiger partial charge in [-0.05, 0) is 38.7 Å². The topological polar surface area (TPSA) is 80.3 Å². The minimum absolute atomic E-state index is 0.114. The summed E-state index contributed by atoms with van der Waals surface area (Å²) in [5.74, 6) is 0.103. The van der Waals surface area contributed by atoms with Crippen molar-refractivity contribution in [2.75, 3.05) is 28.4 Å². The number of unbranched alkanes of at least 4 members (excludes halogenated alkanes) is 2. The van der Waals surface area contributed by atoms with Crippen molar-refractivity contribution in [1.29, 1.82) is 0 Å². The number of rotatable bonds is 13. The van der Waals surface area contributed by atoms with E-state index in [0.717, 1.165) is 32.1 Å². The van der Waals surface area contributed by atoms with Gasteiger partial charge in [-0.3, -0.25) is 4.79 Å². The molecule has 0 aliphatic rings. The lowest BCUT2D eigenvalue weighted by Gasteiger charge is -2.17. The molecule has 0 radical (unpaired) electrons. The van der Waals surface area contributed by atoms with Crippen LogP contribution in [0.25, 0.3) is 0 Å². The molecule has 0 aliphatic heterocycles. The van der Waals surface area contributed by atoms with Crippen molar-refractivity contribution in [3.8, 4) is 11.5 Å². The zero-order valence-corrected chi connectivity index (χ0v) is 16.8. The van der Waals surface area contributed by atoms with Gasteiger partial charge in [-0.2, -0.15) is 0 Å². The quantitative estimate of drug-likeness (QED) is 0.223. The maximum atomic E-state index is 12.5. The molecule has 1 unspecified atom stereocenters. The highest BCUT2D eigenvalue weighted by atomic mass is 16.7. The first-order valence-corrected chi connectivity index (χ1v) is 8.98. The first-order chi connectivity index (χ1) is 13.0. The molecular weight excluding hydrogens is 352 g/mol. The molecule has 0 heterocycles. The van der Waals surface area contributed by atoms with Gasteiger partial charge in [0.2, 0.25) is 0 Å². The molecule has 152 valence electrons. The van der Waals surface area contributed by atoms with Crippen LogP contribution in [0.1, 0.15) is 59.7 Å². The van der Waals surface area contributed by atoms with Crippen molar-refractivity contribution >= 4 is 12.3 Å². The van der Waals surface area contributed by atoms with E-state index < -0.39 is 5.97 Å². The molecule has 0 bridgehead atoms. The summed E-state index contributed by atoms with van der Waals surface area (Å²) in [7, 11) is 6.15. The van der Waals surface area contributed by atoms with Gasteiger partial charge < -0.3 is 23.7 Å². The summed E-state index contributed by atoms with van der Waals surface area (Å²) in [6, 6.07) is 3.04. The molecule has 1 aromatic carbocycles. The SMILES string of the molecule is COc1cc(C=O)c(C(=O)OC(C)CCCCCC(OC)OC)c(OC)c1. The molecule has 1 atom stereocenters. The van der Waals surface area contributed by atoms with Crippen LogP contribution < -0.4 is 9.47 Å². The number of carbonyl (C=O) groups excluding carboxylic acids is 2. The Hall–Kier alpha value is -2.12. The second-order valence-electron chi connectivity index (χ2n) is 6.17. The fourth-order valence-electron chi connectivity index (χ4n) is 2.75. The average Bonchev–Trinajstić information content (AvgIpc) is 2.69. The number of methoxy groups -OCH3 is 4. The lowest BCUT2D eigenvalue weighted by molar-refractivity contribution is -0.107. The zero-order chi connectivity index (χ0) is 20.2. The summed E-state index contributed by atoms with van der Waals surface area (Å²) in [5, 5.41) is 0. The van der Waals surface area contributed by atoms with E-state index in [1.54, 1.807) is 20.3 Å². The van der Waals surface area contributed by atoms with Gasteiger partial charge in [0.05, 0.1) is 20.3 Å². The molecule has 7 heteroatoms. The molecule has 1 rings (SSSR count). The van der Waals surface area contributed by atoms with Crippen LogP contribution in [0.2, 0.25) is 0 Å². The van der Waals surface area contributed by atoms with Crippen LogP contribution in [0.3, 0.4) is 0 Å². The molecule has 7 nitrogen and oxygen atoms in total. The number of aldehydes is 1. The molecular formula is C20H30O7. The highest BCUT2D eigenvalue weighted by Crippen LogP contribution is 2.29. The molecule has 27 heavy (non-hydrogen) atoms. The van der Waals surface area contributed by atoms with E-state index in [1.807, 2.05) is 6.92 Å². The van der Waals surface area contributed by atoms with E-state index in [1.165, 1.54) is 20.3 Å². The van der Waals surface area contributed by atoms with Gasteiger partial charge in [0.1, 0.15) is 17.1 Å². The molecule has 1 aromatic rings. The van der Waals surface area contributed by atoms with Gasteiger partial charge in [-0.25, -0.2) is 4.79 Å². The molecule has 0 aromatic heterocycles. The first kappa shape index (κ1) is 22.9. The van der Waals surface area contributed by atoms with Gasteiger partial charge >= 0.3 is 5.97 Å². The Morgan fingerprint density at radius 1 is 1.00 bits per heavy atom. The van der Waals surface area contributed by atoms with E-state index in [4.69, 9.17) is 23.7 Å². The van der Waals surface area contributed by atoms with Gasteiger partial charge in [0.15, 0.2) is 12.6 Å². The minimum atomic E-state index is -0.581. The van der Waals surface area contributed by atoms with E-state index >= 15 is 0 Å². The summed E-state index contributed by atoms with van der Waals surface area (Å²) in [6.45, 7) is 1.83. The Labute approximate surface area is 160 Å². The number of hydrogen-bond donors (Lipinski definition) is 0. The zero-order valence-electron chi connectivity index (χ0n) is 16.8. The highest BCUT2D eigenvalue weighted by molar-refractivity contribution is 6.01. The summed E-state index contributed by atoms with van der Waals surface area (Å²) in [5.41, 5.74) is 0.289. The summed E-state index contributed by atoms with van der Waals surface area (Å²) in [4.78, 5) is 23.9. The smallest absolute Gasteiger partial charge is 0.342 e. The molecule has 0 saturated heterocycles. The summed E-state index contributed by atoms with van der Waals surface area (Å²) in [6.07, 6.45) is 4.56. The van der Waals surface area contributed by atoms with E-state index in [9.17, 15) is 9.59 Å². The van der Waals surface area contributed by atoms with Crippen LogP contribution in [-0.4, -0.2) is 53.1 Å². The van der Waals surface area contributed by atoms with Gasteiger partial charge in [-0.1, -0.05) is 6.42 Å². The van der Waals surface area contributed by atoms with Crippen molar-refractivity contribution in [1.82, 2.24) is 0 Å². The molecule has 0 fully saturated rings. The first-order valence-electron chi connectivity index (χ1n) is 8.98. The Kier molecular flexibility index (Phi) is 10.4. The van der Waals surface area contributed by atoms with Crippen molar-refractivity contribution in [3.63, 3.8) is 0 Å². The lowest BCUT2D eigenvalue weighted by Crippen LogP contribution is -2.17. The fourth-order valence-corrected chi connectivity index (χ4v) is 2.75. The minimum Gasteiger partial charge on any atom is -0.497 e. The van der Waals surface area contributed by atoms with Gasteiger partial charge in [0, 0.05) is 25.8 Å². The van der Waals surface area contributed by atoms with Crippen molar-refractivity contribution < 1.29 is 33.3 Å². The normalized spacial score (nSPS) is 11.9. The standard InChI is InChI=1S/C20H30O7/c1-14(9-7-6-8-10-18(25-4)26-5)27-20(22)19-15(13-21)11-16(23-2)12-17(19)24-3/h11-14,18H,6-10H2,1-5H3. The second-order valence-corrected chi connectivity index (χ2v) is 6.17. The number of hydrogen-bond acceptors (Lipinski definition) is 7. The predicted octanol–water partition coefficient (Wildman–Crippen LogP) is 3.63. The average molecular weight is 382 g/mol. The third-order valence-electron chi connectivity index (χ3n) is 4.28. The van der Waals surface area contributed by atoms with Crippen LogP contribution >= 0.6 is 0 Å². The highest BCUT2D eigenvalue weighted by Gasteiger charge is 2.22. The van der Waals surface area contributed by atoms with Gasteiger partial charge in [-0.15, -0.1) is 0 Å². The van der Waals surface area contributed by atoms with E-state index in [0.29, 0.717) is 12.0 Å². The molecule has 0 aliphatic carbocycles. The summed E-state index contributed by atoms with van der Waals surface area (Å²) >= 11 is 0. The van der Waals surface area contributed by atoms with Gasteiger partial charge in [0.25, 0.3) is 0 Å². The Bertz CT molecular complexity index is 596. The molecule has 0 N–H and O–H groups in total. The lowest BCUT2D eigenvalue weighted by atomic mass is 10.1. The molecule has 0 amide bonds. The largest absolute Gasteiger partial charge is 0.497 e. The maximum Gasteiger partial charge on any atom is 0.342 e. The summed E-state index contributed by atoms with van der Waals surface area (Å²) < 4.78 is 26.1. The number of ether oxygens (including phenoxy) is 5. The van der Waals surface area contributed by atoms with E-state index in [-0.39, 0.29) is 29.3 Å². The fraction of sp³-hybridized carbons (Fsp3) is 0.600. The Morgan fingerprint density at radius 3 is 2.22 bits per heavy atom. The number of carbonyl (C=O) groups is 2. The molecule has 0 saturated carbocycles.